The molecule has 1 aromatic carbocycles. The first-order chi connectivity index (χ1) is 5.24. The second kappa shape index (κ2) is 3.59. The smallest absolute Gasteiger partial charge is 0.0248 e. The highest BCUT2D eigenvalue weighted by atomic mass is 79.9. The molecule has 0 radical (unpaired) electrons. The molecule has 0 atom stereocenters. The first-order valence-electron chi connectivity index (χ1n) is 3.43. The van der Waals surface area contributed by atoms with Crippen LogP contribution >= 0.6 is 15.9 Å². The molecule has 0 spiro atoms. The van der Waals surface area contributed by atoms with E-state index in [9.17, 15) is 0 Å². The van der Waals surface area contributed by atoms with Gasteiger partial charge in [0.05, 0.1) is 0 Å². The number of halogens is 1. The average molecular weight is 209 g/mol. The molecule has 0 amide bonds. The van der Waals surface area contributed by atoms with Crippen molar-refractivity contribution in [2.45, 2.75) is 13.8 Å². The van der Waals surface area contributed by atoms with Crippen molar-refractivity contribution in [3.63, 3.8) is 0 Å². The molecule has 1 heteroatoms. The second-order valence-electron chi connectivity index (χ2n) is 2.34. The normalized spacial score (nSPS) is 8.64. The van der Waals surface area contributed by atoms with Crippen LogP contribution in [0.25, 0.3) is 0 Å². The van der Waals surface area contributed by atoms with Crippen molar-refractivity contribution in [1.29, 1.82) is 0 Å². The Morgan fingerprint density at radius 1 is 1.36 bits per heavy atom. The summed E-state index contributed by atoms with van der Waals surface area (Å²) in [5, 5.41) is 0. The van der Waals surface area contributed by atoms with Crippen LogP contribution in [0.5, 0.6) is 0 Å². The summed E-state index contributed by atoms with van der Waals surface area (Å²) in [6.07, 6.45) is 0. The van der Waals surface area contributed by atoms with Gasteiger partial charge in [-0.2, -0.15) is 0 Å². The molecule has 0 saturated carbocycles. The van der Waals surface area contributed by atoms with Crippen LogP contribution in [0, 0.1) is 18.8 Å². The highest BCUT2D eigenvalue weighted by Crippen LogP contribution is 2.16. The van der Waals surface area contributed by atoms with Gasteiger partial charge in [-0.1, -0.05) is 21.9 Å². The topological polar surface area (TPSA) is 0 Å². The van der Waals surface area contributed by atoms with E-state index in [-0.39, 0.29) is 0 Å². The maximum Gasteiger partial charge on any atom is 0.0248 e. The molecule has 0 aliphatic heterocycles. The molecule has 0 heterocycles. The van der Waals surface area contributed by atoms with E-state index < -0.39 is 0 Å². The summed E-state index contributed by atoms with van der Waals surface area (Å²) in [6, 6.07) is 6.10. The molecule has 0 saturated heterocycles. The van der Waals surface area contributed by atoms with Gasteiger partial charge in [0.1, 0.15) is 0 Å². The van der Waals surface area contributed by atoms with E-state index in [1.807, 2.05) is 19.1 Å². The lowest BCUT2D eigenvalue weighted by molar-refractivity contribution is 1.42. The summed E-state index contributed by atoms with van der Waals surface area (Å²) < 4.78 is 1.14. The standard InChI is InChI=1S/C10H9Br/c1-3-4-9-5-6-10(11)8(2)7-9/h5-7H,1-2H3. The van der Waals surface area contributed by atoms with Gasteiger partial charge in [-0.25, -0.2) is 0 Å². The van der Waals surface area contributed by atoms with Gasteiger partial charge in [0.2, 0.25) is 0 Å². The van der Waals surface area contributed by atoms with Gasteiger partial charge < -0.3 is 0 Å². The monoisotopic (exact) mass is 208 g/mol. The molecule has 0 aromatic heterocycles. The number of aryl methyl sites for hydroxylation is 1. The molecular weight excluding hydrogens is 200 g/mol. The molecule has 0 N–H and O–H groups in total. The molecule has 0 aliphatic carbocycles. The van der Waals surface area contributed by atoms with Crippen molar-refractivity contribution >= 4 is 15.9 Å². The third-order valence-electron chi connectivity index (χ3n) is 1.43. The Kier molecular flexibility index (Phi) is 2.73. The molecular formula is C10H9Br. The second-order valence-corrected chi connectivity index (χ2v) is 3.19. The third-order valence-corrected chi connectivity index (χ3v) is 2.32. The van der Waals surface area contributed by atoms with Crippen molar-refractivity contribution in [3.05, 3.63) is 33.8 Å². The Labute approximate surface area is 75.8 Å². The van der Waals surface area contributed by atoms with E-state index in [4.69, 9.17) is 0 Å². The first kappa shape index (κ1) is 8.36. The van der Waals surface area contributed by atoms with Crippen LogP contribution in [-0.2, 0) is 0 Å². The Hall–Kier alpha value is -0.740. The van der Waals surface area contributed by atoms with E-state index >= 15 is 0 Å². The van der Waals surface area contributed by atoms with Crippen LogP contribution in [-0.4, -0.2) is 0 Å². The summed E-state index contributed by atoms with van der Waals surface area (Å²) in [4.78, 5) is 0. The van der Waals surface area contributed by atoms with Crippen molar-refractivity contribution < 1.29 is 0 Å². The maximum absolute atomic E-state index is 3.43. The van der Waals surface area contributed by atoms with Crippen LogP contribution in [0.1, 0.15) is 18.1 Å². The van der Waals surface area contributed by atoms with Gasteiger partial charge in [-0.15, -0.1) is 5.92 Å². The molecule has 1 aromatic rings. The lowest BCUT2D eigenvalue weighted by atomic mass is 10.1. The van der Waals surface area contributed by atoms with Crippen LogP contribution in [0.15, 0.2) is 22.7 Å². The lowest BCUT2D eigenvalue weighted by Gasteiger charge is -1.96. The predicted octanol–water partition coefficient (Wildman–Crippen LogP) is 3.13. The highest BCUT2D eigenvalue weighted by molar-refractivity contribution is 9.10. The first-order valence-corrected chi connectivity index (χ1v) is 4.22. The van der Waals surface area contributed by atoms with Crippen LogP contribution in [0.2, 0.25) is 0 Å². The zero-order valence-electron chi connectivity index (χ0n) is 6.61. The Balaban J connectivity index is 3.12. The predicted molar refractivity (Wildman–Crippen MR) is 51.4 cm³/mol. The van der Waals surface area contributed by atoms with Gasteiger partial charge >= 0.3 is 0 Å². The highest BCUT2D eigenvalue weighted by Gasteiger charge is 1.92. The number of hydrogen-bond donors (Lipinski definition) is 0. The van der Waals surface area contributed by atoms with Crippen molar-refractivity contribution in [1.82, 2.24) is 0 Å². The van der Waals surface area contributed by atoms with Crippen molar-refractivity contribution in [2.24, 2.45) is 0 Å². The van der Waals surface area contributed by atoms with E-state index in [0.717, 1.165) is 10.0 Å². The summed E-state index contributed by atoms with van der Waals surface area (Å²) in [5.41, 5.74) is 2.30. The van der Waals surface area contributed by atoms with Gasteiger partial charge in [0.25, 0.3) is 0 Å². The maximum atomic E-state index is 3.43. The molecule has 11 heavy (non-hydrogen) atoms. The average Bonchev–Trinajstić information content (AvgIpc) is 1.98. The molecule has 0 aliphatic rings. The van der Waals surface area contributed by atoms with Crippen LogP contribution < -0.4 is 0 Å². The van der Waals surface area contributed by atoms with E-state index in [2.05, 4.69) is 40.8 Å². The minimum Gasteiger partial charge on any atom is -0.101 e. The van der Waals surface area contributed by atoms with Gasteiger partial charge in [-0.05, 0) is 37.6 Å². The fraction of sp³-hybridized carbons (Fsp3) is 0.200. The minimum atomic E-state index is 1.08. The van der Waals surface area contributed by atoms with E-state index in [1.54, 1.807) is 0 Å². The summed E-state index contributed by atoms with van der Waals surface area (Å²) in [5.74, 6) is 5.87. The zero-order valence-corrected chi connectivity index (χ0v) is 8.20. The zero-order chi connectivity index (χ0) is 8.27. The molecule has 0 unspecified atom stereocenters. The van der Waals surface area contributed by atoms with Crippen LogP contribution in [0.3, 0.4) is 0 Å². The lowest BCUT2D eigenvalue weighted by Crippen LogP contribution is -1.78. The van der Waals surface area contributed by atoms with Gasteiger partial charge in [-0.3, -0.25) is 0 Å². The molecule has 1 rings (SSSR count). The quantitative estimate of drug-likeness (QED) is 0.576. The summed E-state index contributed by atoms with van der Waals surface area (Å²) >= 11 is 3.43. The summed E-state index contributed by atoms with van der Waals surface area (Å²) in [7, 11) is 0. The van der Waals surface area contributed by atoms with Crippen LogP contribution in [0.4, 0.5) is 0 Å². The van der Waals surface area contributed by atoms with E-state index in [0.29, 0.717) is 0 Å². The number of hydrogen-bond acceptors (Lipinski definition) is 0. The Bertz CT molecular complexity index is 315. The number of benzene rings is 1. The fourth-order valence-corrected chi connectivity index (χ4v) is 1.11. The molecule has 0 nitrogen and oxygen atoms in total. The largest absolute Gasteiger partial charge is 0.101 e. The Morgan fingerprint density at radius 2 is 2.09 bits per heavy atom. The summed E-state index contributed by atoms with van der Waals surface area (Å²) in [6.45, 7) is 3.91. The fourth-order valence-electron chi connectivity index (χ4n) is 0.867. The number of rotatable bonds is 0. The Morgan fingerprint density at radius 3 is 2.64 bits per heavy atom. The molecule has 0 fully saturated rings. The van der Waals surface area contributed by atoms with Gasteiger partial charge in [0.15, 0.2) is 0 Å². The van der Waals surface area contributed by atoms with Gasteiger partial charge in [0, 0.05) is 10.0 Å². The SMILES string of the molecule is CC#Cc1ccc(Br)c(C)c1. The molecule has 56 valence electrons. The van der Waals surface area contributed by atoms with Crippen molar-refractivity contribution in [3.8, 4) is 11.8 Å². The third kappa shape index (κ3) is 2.10. The van der Waals surface area contributed by atoms with Crippen molar-refractivity contribution in [2.75, 3.05) is 0 Å². The minimum absolute atomic E-state index is 1.08. The molecule has 0 bridgehead atoms. The van der Waals surface area contributed by atoms with E-state index in [1.165, 1.54) is 5.56 Å².